The van der Waals surface area contributed by atoms with Crippen molar-refractivity contribution < 1.29 is 9.59 Å². The van der Waals surface area contributed by atoms with Gasteiger partial charge in [-0.25, -0.2) is 0 Å². The third-order valence-corrected chi connectivity index (χ3v) is 5.36. The number of carbonyl (C=O) groups is 2. The largest absolute Gasteiger partial charge is 0.322 e. The number of anilines is 1. The van der Waals surface area contributed by atoms with Gasteiger partial charge in [0.15, 0.2) is 5.78 Å². The quantitative estimate of drug-likeness (QED) is 0.480. The van der Waals surface area contributed by atoms with Gasteiger partial charge in [-0.05, 0) is 40.2 Å². The summed E-state index contributed by atoms with van der Waals surface area (Å²) >= 11 is 0. The van der Waals surface area contributed by atoms with Gasteiger partial charge in [0.2, 0.25) is 0 Å². The summed E-state index contributed by atoms with van der Waals surface area (Å²) in [5, 5.41) is 2.98. The Balaban J connectivity index is 1.91. The molecule has 31 heavy (non-hydrogen) atoms. The van der Waals surface area contributed by atoms with E-state index in [1.807, 2.05) is 30.3 Å². The van der Waals surface area contributed by atoms with Crippen molar-refractivity contribution in [3.63, 3.8) is 0 Å². The second-order valence-electron chi connectivity index (χ2n) is 9.99. The molecule has 3 nitrogen and oxygen atoms in total. The third kappa shape index (κ3) is 5.29. The van der Waals surface area contributed by atoms with Crippen LogP contribution in [0.4, 0.5) is 5.69 Å². The molecule has 0 spiro atoms. The molecule has 0 unspecified atom stereocenters. The average Bonchev–Trinajstić information content (AvgIpc) is 2.72. The van der Waals surface area contributed by atoms with Crippen molar-refractivity contribution in [1.82, 2.24) is 0 Å². The Hall–Kier alpha value is -3.20. The van der Waals surface area contributed by atoms with E-state index in [0.717, 1.165) is 5.56 Å². The van der Waals surface area contributed by atoms with Crippen molar-refractivity contribution in [1.29, 1.82) is 0 Å². The topological polar surface area (TPSA) is 46.2 Å². The van der Waals surface area contributed by atoms with Crippen LogP contribution in [-0.2, 0) is 10.8 Å². The molecule has 0 heterocycles. The zero-order valence-electron chi connectivity index (χ0n) is 19.2. The number of benzene rings is 3. The predicted molar refractivity (Wildman–Crippen MR) is 128 cm³/mol. The van der Waals surface area contributed by atoms with Gasteiger partial charge in [-0.2, -0.15) is 0 Å². The minimum absolute atomic E-state index is 0.00113. The molecule has 0 aromatic heterocycles. The first-order chi connectivity index (χ1) is 14.5. The molecular formula is C28H31NO2. The van der Waals surface area contributed by atoms with Crippen LogP contribution in [0.5, 0.6) is 0 Å². The second kappa shape index (κ2) is 8.50. The van der Waals surface area contributed by atoms with Crippen LogP contribution in [0, 0.1) is 0 Å². The lowest BCUT2D eigenvalue weighted by atomic mass is 9.78. The normalized spacial score (nSPS) is 11.8. The van der Waals surface area contributed by atoms with Gasteiger partial charge in [-0.1, -0.05) is 96.1 Å². The summed E-state index contributed by atoms with van der Waals surface area (Å²) in [6.45, 7) is 12.9. The van der Waals surface area contributed by atoms with E-state index in [1.54, 1.807) is 36.4 Å². The van der Waals surface area contributed by atoms with Crippen molar-refractivity contribution in [2.45, 2.75) is 52.4 Å². The van der Waals surface area contributed by atoms with Crippen LogP contribution in [0.2, 0.25) is 0 Å². The summed E-state index contributed by atoms with van der Waals surface area (Å²) in [6, 6.07) is 22.3. The first-order valence-electron chi connectivity index (χ1n) is 10.6. The fourth-order valence-electron chi connectivity index (χ4n) is 3.52. The highest BCUT2D eigenvalue weighted by Gasteiger charge is 2.25. The highest BCUT2D eigenvalue weighted by molar-refractivity contribution is 6.10. The minimum Gasteiger partial charge on any atom is -0.322 e. The molecule has 160 valence electrons. The molecule has 1 N–H and O–H groups in total. The molecule has 3 aromatic carbocycles. The first-order valence-corrected chi connectivity index (χ1v) is 10.6. The van der Waals surface area contributed by atoms with Crippen LogP contribution < -0.4 is 5.32 Å². The maximum atomic E-state index is 13.2. The van der Waals surface area contributed by atoms with E-state index in [2.05, 4.69) is 52.9 Å². The standard InChI is InChI=1S/C28H31NO2/c1-27(2,3)21-15-16-23(24(18-21)28(4,5)6)26(31)29-22-14-10-13-20(17-22)25(30)19-11-8-7-9-12-19/h7-18H,1-6H3,(H,29,31). The molecule has 0 atom stereocenters. The molecule has 3 aromatic rings. The number of ketones is 1. The number of hydrogen-bond donors (Lipinski definition) is 1. The van der Waals surface area contributed by atoms with E-state index in [0.29, 0.717) is 22.4 Å². The van der Waals surface area contributed by atoms with Gasteiger partial charge in [-0.3, -0.25) is 9.59 Å². The predicted octanol–water partition coefficient (Wildman–Crippen LogP) is 6.76. The third-order valence-electron chi connectivity index (χ3n) is 5.36. The SMILES string of the molecule is CC(C)(C)c1ccc(C(=O)Nc2cccc(C(=O)c3ccccc3)c2)c(C(C)(C)C)c1. The highest BCUT2D eigenvalue weighted by atomic mass is 16.1. The van der Waals surface area contributed by atoms with Crippen molar-refractivity contribution in [2.24, 2.45) is 0 Å². The number of nitrogens with one attached hydrogen (secondary N) is 1. The summed E-state index contributed by atoms with van der Waals surface area (Å²) < 4.78 is 0. The van der Waals surface area contributed by atoms with Gasteiger partial charge in [0, 0.05) is 22.4 Å². The zero-order chi connectivity index (χ0) is 22.8. The lowest BCUT2D eigenvalue weighted by Gasteiger charge is -2.27. The fourth-order valence-corrected chi connectivity index (χ4v) is 3.52. The molecule has 0 fully saturated rings. The van der Waals surface area contributed by atoms with E-state index < -0.39 is 0 Å². The Bertz CT molecular complexity index is 1100. The van der Waals surface area contributed by atoms with Crippen molar-refractivity contribution >= 4 is 17.4 Å². The van der Waals surface area contributed by atoms with E-state index in [-0.39, 0.29) is 22.5 Å². The summed E-state index contributed by atoms with van der Waals surface area (Å²) in [7, 11) is 0. The van der Waals surface area contributed by atoms with Crippen LogP contribution in [-0.4, -0.2) is 11.7 Å². The smallest absolute Gasteiger partial charge is 0.255 e. The van der Waals surface area contributed by atoms with Crippen molar-refractivity contribution in [2.75, 3.05) is 5.32 Å². The summed E-state index contributed by atoms with van der Waals surface area (Å²) in [5.74, 6) is -0.240. The van der Waals surface area contributed by atoms with E-state index in [9.17, 15) is 9.59 Å². The van der Waals surface area contributed by atoms with E-state index in [1.165, 1.54) is 5.56 Å². The van der Waals surface area contributed by atoms with Gasteiger partial charge in [0.25, 0.3) is 5.91 Å². The first kappa shape index (κ1) is 22.5. The Morgan fingerprint density at radius 1 is 0.677 bits per heavy atom. The molecular weight excluding hydrogens is 382 g/mol. The van der Waals surface area contributed by atoms with Crippen molar-refractivity contribution in [3.05, 3.63) is 101 Å². The monoisotopic (exact) mass is 413 g/mol. The fraction of sp³-hybridized carbons (Fsp3) is 0.286. The molecule has 0 saturated heterocycles. The maximum Gasteiger partial charge on any atom is 0.255 e. The lowest BCUT2D eigenvalue weighted by Crippen LogP contribution is -2.23. The Kier molecular flexibility index (Phi) is 6.17. The molecule has 0 aliphatic carbocycles. The molecule has 1 amide bonds. The molecule has 3 heteroatoms. The molecule has 0 aliphatic rings. The van der Waals surface area contributed by atoms with Crippen LogP contribution >= 0.6 is 0 Å². The van der Waals surface area contributed by atoms with Crippen molar-refractivity contribution in [3.8, 4) is 0 Å². The second-order valence-corrected chi connectivity index (χ2v) is 9.99. The molecule has 0 bridgehead atoms. The van der Waals surface area contributed by atoms with Gasteiger partial charge in [0.05, 0.1) is 0 Å². The number of amides is 1. The van der Waals surface area contributed by atoms with Gasteiger partial charge >= 0.3 is 0 Å². The van der Waals surface area contributed by atoms with Crippen LogP contribution in [0.25, 0.3) is 0 Å². The molecule has 3 rings (SSSR count). The summed E-state index contributed by atoms with van der Waals surface area (Å²) in [5.41, 5.74) is 4.45. The van der Waals surface area contributed by atoms with Crippen LogP contribution in [0.3, 0.4) is 0 Å². The highest BCUT2D eigenvalue weighted by Crippen LogP contribution is 2.32. The molecule has 0 aliphatic heterocycles. The van der Waals surface area contributed by atoms with Crippen LogP contribution in [0.1, 0.15) is 78.9 Å². The van der Waals surface area contributed by atoms with E-state index in [4.69, 9.17) is 0 Å². The number of carbonyl (C=O) groups excluding carboxylic acids is 2. The number of hydrogen-bond acceptors (Lipinski definition) is 2. The van der Waals surface area contributed by atoms with Gasteiger partial charge in [0.1, 0.15) is 0 Å². The Morgan fingerprint density at radius 2 is 1.32 bits per heavy atom. The van der Waals surface area contributed by atoms with E-state index >= 15 is 0 Å². The average molecular weight is 414 g/mol. The van der Waals surface area contributed by atoms with Gasteiger partial charge < -0.3 is 5.32 Å². The van der Waals surface area contributed by atoms with Gasteiger partial charge in [-0.15, -0.1) is 0 Å². The Labute approximate surface area is 185 Å². The number of rotatable bonds is 4. The zero-order valence-corrected chi connectivity index (χ0v) is 19.2. The summed E-state index contributed by atoms with van der Waals surface area (Å²) in [6.07, 6.45) is 0. The summed E-state index contributed by atoms with van der Waals surface area (Å²) in [4.78, 5) is 26.0. The van der Waals surface area contributed by atoms with Crippen LogP contribution in [0.15, 0.2) is 72.8 Å². The minimum atomic E-state index is -0.181. The molecule has 0 saturated carbocycles. The Morgan fingerprint density at radius 3 is 1.94 bits per heavy atom. The lowest BCUT2D eigenvalue weighted by molar-refractivity contribution is 0.101. The molecule has 0 radical (unpaired) electrons. The maximum absolute atomic E-state index is 13.2.